The van der Waals surface area contributed by atoms with E-state index in [1.807, 2.05) is 32.9 Å². The van der Waals surface area contributed by atoms with Crippen molar-refractivity contribution in [2.75, 3.05) is 32.9 Å². The van der Waals surface area contributed by atoms with Gasteiger partial charge in [-0.2, -0.15) is 0 Å². The van der Waals surface area contributed by atoms with Gasteiger partial charge in [0, 0.05) is 19.6 Å². The van der Waals surface area contributed by atoms with Crippen LogP contribution >= 0.6 is 0 Å². The predicted octanol–water partition coefficient (Wildman–Crippen LogP) is 2.48. The molecular formula is C19H25NO4. The Bertz CT molecular complexity index is 607. The smallest absolute Gasteiger partial charge is 0.316 e. The van der Waals surface area contributed by atoms with E-state index >= 15 is 0 Å². The molecule has 130 valence electrons. The van der Waals surface area contributed by atoms with Crippen molar-refractivity contribution in [1.82, 2.24) is 4.90 Å². The van der Waals surface area contributed by atoms with Crippen molar-refractivity contribution in [3.63, 3.8) is 0 Å². The van der Waals surface area contributed by atoms with Crippen LogP contribution in [0.25, 0.3) is 0 Å². The molecule has 0 atom stereocenters. The van der Waals surface area contributed by atoms with Crippen molar-refractivity contribution in [3.05, 3.63) is 23.8 Å². The zero-order valence-electron chi connectivity index (χ0n) is 14.6. The van der Waals surface area contributed by atoms with Crippen LogP contribution in [0.4, 0.5) is 0 Å². The number of hydrogen-bond acceptors (Lipinski definition) is 5. The molecular weight excluding hydrogens is 306 g/mol. The highest BCUT2D eigenvalue weighted by Gasteiger charge is 2.25. The van der Waals surface area contributed by atoms with Crippen molar-refractivity contribution in [3.8, 4) is 23.8 Å². The highest BCUT2D eigenvalue weighted by Crippen LogP contribution is 2.31. The van der Waals surface area contributed by atoms with Crippen molar-refractivity contribution in [2.24, 2.45) is 5.41 Å². The molecule has 0 unspecified atom stereocenters. The van der Waals surface area contributed by atoms with Gasteiger partial charge in [-0.25, -0.2) is 0 Å². The number of ether oxygens (including phenoxy) is 3. The largest absolute Gasteiger partial charge is 0.477 e. The molecule has 1 aliphatic heterocycles. The first-order valence-electron chi connectivity index (χ1n) is 8.12. The first-order valence-corrected chi connectivity index (χ1v) is 8.12. The molecule has 1 aromatic rings. The van der Waals surface area contributed by atoms with Crippen LogP contribution in [-0.4, -0.2) is 43.8 Å². The number of esters is 1. The number of terminal acetylenes is 1. The normalized spacial score (nSPS) is 15.6. The lowest BCUT2D eigenvalue weighted by Crippen LogP contribution is -2.35. The van der Waals surface area contributed by atoms with Gasteiger partial charge in [0.25, 0.3) is 0 Å². The standard InChI is InChI=1S/C19H25NO4/c1-5-10-23-17-13-15(14-20-8-11-22-12-9-20)6-7-16(17)24-18(21)19(2,3)4/h1,6-7,13H,8-12,14H2,2-4H3. The summed E-state index contributed by atoms with van der Waals surface area (Å²) in [6.45, 7) is 9.66. The molecule has 0 N–H and O–H groups in total. The molecule has 0 amide bonds. The van der Waals surface area contributed by atoms with Gasteiger partial charge in [-0.05, 0) is 38.5 Å². The second-order valence-corrected chi connectivity index (χ2v) is 6.80. The van der Waals surface area contributed by atoms with E-state index in [2.05, 4.69) is 10.8 Å². The molecule has 0 aliphatic carbocycles. The van der Waals surface area contributed by atoms with Crippen LogP contribution in [0.3, 0.4) is 0 Å². The highest BCUT2D eigenvalue weighted by atomic mass is 16.6. The molecule has 0 bridgehead atoms. The molecule has 1 fully saturated rings. The van der Waals surface area contributed by atoms with Crippen LogP contribution in [-0.2, 0) is 16.1 Å². The van der Waals surface area contributed by atoms with E-state index in [-0.39, 0.29) is 12.6 Å². The molecule has 1 aromatic carbocycles. The Morgan fingerprint density at radius 2 is 2.00 bits per heavy atom. The van der Waals surface area contributed by atoms with Gasteiger partial charge in [-0.3, -0.25) is 9.69 Å². The van der Waals surface area contributed by atoms with Crippen molar-refractivity contribution in [1.29, 1.82) is 0 Å². The van der Waals surface area contributed by atoms with Gasteiger partial charge in [-0.15, -0.1) is 6.42 Å². The van der Waals surface area contributed by atoms with E-state index < -0.39 is 5.41 Å². The molecule has 1 heterocycles. The maximum atomic E-state index is 12.1. The summed E-state index contributed by atoms with van der Waals surface area (Å²) in [5.74, 6) is 3.02. The molecule has 0 spiro atoms. The van der Waals surface area contributed by atoms with Gasteiger partial charge in [0.05, 0.1) is 18.6 Å². The molecule has 1 aliphatic rings. The topological polar surface area (TPSA) is 48.0 Å². The minimum Gasteiger partial charge on any atom is -0.477 e. The Labute approximate surface area is 143 Å². The van der Waals surface area contributed by atoms with Crippen LogP contribution in [0, 0.1) is 17.8 Å². The molecule has 1 saturated heterocycles. The Morgan fingerprint density at radius 1 is 1.29 bits per heavy atom. The van der Waals surface area contributed by atoms with Crippen LogP contribution in [0.2, 0.25) is 0 Å². The van der Waals surface area contributed by atoms with Crippen LogP contribution < -0.4 is 9.47 Å². The van der Waals surface area contributed by atoms with Crippen molar-refractivity contribution >= 4 is 5.97 Å². The van der Waals surface area contributed by atoms with Crippen LogP contribution in [0.1, 0.15) is 26.3 Å². The number of carbonyl (C=O) groups is 1. The third-order valence-corrected chi connectivity index (χ3v) is 3.64. The summed E-state index contributed by atoms with van der Waals surface area (Å²) in [5.41, 5.74) is 0.495. The van der Waals surface area contributed by atoms with Crippen LogP contribution in [0.5, 0.6) is 11.5 Å². The van der Waals surface area contributed by atoms with Gasteiger partial charge in [0.2, 0.25) is 0 Å². The summed E-state index contributed by atoms with van der Waals surface area (Å²) < 4.78 is 16.4. The summed E-state index contributed by atoms with van der Waals surface area (Å²) in [5, 5.41) is 0. The van der Waals surface area contributed by atoms with Crippen molar-refractivity contribution < 1.29 is 19.0 Å². The average Bonchev–Trinajstić information content (AvgIpc) is 2.55. The fourth-order valence-electron chi connectivity index (χ4n) is 2.24. The van der Waals surface area contributed by atoms with Gasteiger partial charge < -0.3 is 14.2 Å². The summed E-state index contributed by atoms with van der Waals surface area (Å²) in [7, 11) is 0. The van der Waals surface area contributed by atoms with E-state index in [9.17, 15) is 4.79 Å². The maximum absolute atomic E-state index is 12.1. The molecule has 2 rings (SSSR count). The Morgan fingerprint density at radius 3 is 2.62 bits per heavy atom. The van der Waals surface area contributed by atoms with E-state index in [0.29, 0.717) is 11.5 Å². The van der Waals surface area contributed by atoms with Crippen LogP contribution in [0.15, 0.2) is 18.2 Å². The monoisotopic (exact) mass is 331 g/mol. The molecule has 5 nitrogen and oxygen atoms in total. The third-order valence-electron chi connectivity index (χ3n) is 3.64. The molecule has 0 saturated carbocycles. The summed E-state index contributed by atoms with van der Waals surface area (Å²) in [4.78, 5) is 14.4. The lowest BCUT2D eigenvalue weighted by atomic mass is 9.97. The molecule has 24 heavy (non-hydrogen) atoms. The first-order chi connectivity index (χ1) is 11.4. The van der Waals surface area contributed by atoms with Gasteiger partial charge >= 0.3 is 5.97 Å². The predicted molar refractivity (Wildman–Crippen MR) is 92.0 cm³/mol. The van der Waals surface area contributed by atoms with Gasteiger partial charge in [-0.1, -0.05) is 12.0 Å². The number of carbonyl (C=O) groups excluding carboxylic acids is 1. The zero-order valence-corrected chi connectivity index (χ0v) is 14.6. The second-order valence-electron chi connectivity index (χ2n) is 6.80. The lowest BCUT2D eigenvalue weighted by molar-refractivity contribution is -0.143. The Hall–Kier alpha value is -2.03. The third kappa shape index (κ3) is 5.26. The first kappa shape index (κ1) is 18.3. The molecule has 5 heteroatoms. The Balaban J connectivity index is 2.14. The SMILES string of the molecule is C#CCOc1cc(CN2CCOCC2)ccc1OC(=O)C(C)(C)C. The highest BCUT2D eigenvalue weighted by molar-refractivity contribution is 5.78. The maximum Gasteiger partial charge on any atom is 0.316 e. The summed E-state index contributed by atoms with van der Waals surface area (Å²) >= 11 is 0. The van der Waals surface area contributed by atoms with E-state index in [1.54, 1.807) is 6.07 Å². The zero-order chi connectivity index (χ0) is 17.6. The van der Waals surface area contributed by atoms with E-state index in [0.717, 1.165) is 38.4 Å². The number of benzene rings is 1. The van der Waals surface area contributed by atoms with E-state index in [4.69, 9.17) is 20.6 Å². The second kappa shape index (κ2) is 8.18. The fourth-order valence-corrected chi connectivity index (χ4v) is 2.24. The fraction of sp³-hybridized carbons (Fsp3) is 0.526. The minimum absolute atomic E-state index is 0.126. The number of morpholine rings is 1. The Kier molecular flexibility index (Phi) is 6.24. The lowest BCUT2D eigenvalue weighted by Gasteiger charge is -2.26. The molecule has 0 radical (unpaired) electrons. The van der Waals surface area contributed by atoms with Crippen molar-refractivity contribution in [2.45, 2.75) is 27.3 Å². The van der Waals surface area contributed by atoms with E-state index in [1.165, 1.54) is 0 Å². The summed E-state index contributed by atoms with van der Waals surface area (Å²) in [6, 6.07) is 5.60. The minimum atomic E-state index is -0.587. The summed E-state index contributed by atoms with van der Waals surface area (Å²) in [6.07, 6.45) is 5.28. The number of hydrogen-bond donors (Lipinski definition) is 0. The van der Waals surface area contributed by atoms with Gasteiger partial charge in [0.1, 0.15) is 6.61 Å². The average molecular weight is 331 g/mol. The van der Waals surface area contributed by atoms with Gasteiger partial charge in [0.15, 0.2) is 11.5 Å². The quantitative estimate of drug-likeness (QED) is 0.471. The molecule has 0 aromatic heterocycles. The number of rotatable bonds is 5. The number of nitrogens with zero attached hydrogens (tertiary/aromatic N) is 1.